The molecule has 0 saturated carbocycles. The van der Waals surface area contributed by atoms with E-state index in [1.165, 1.54) is 173 Å². The summed E-state index contributed by atoms with van der Waals surface area (Å²) < 4.78 is 68.5. The summed E-state index contributed by atoms with van der Waals surface area (Å²) in [5.74, 6) is 0.971. The number of phosphoric acid groups is 2. The molecule has 0 radical (unpaired) electrons. The van der Waals surface area contributed by atoms with Crippen molar-refractivity contribution in [3.63, 3.8) is 0 Å². The van der Waals surface area contributed by atoms with Crippen LogP contribution in [0.25, 0.3) is 0 Å². The number of ether oxygens (including phenoxy) is 4. The van der Waals surface area contributed by atoms with Gasteiger partial charge in [-0.05, 0) is 49.4 Å². The van der Waals surface area contributed by atoms with Crippen LogP contribution in [-0.4, -0.2) is 96.7 Å². The number of aliphatic hydroxyl groups excluding tert-OH is 1. The molecule has 0 spiro atoms. The molecule has 3 N–H and O–H groups in total. The SMILES string of the molecule is CCC(C)CCCCCCCCCCCCCCCCC(=O)O[C@H](COC(=O)CCCCCCCCCC(C)C)COP(=O)(O)OCC(O)COP(=O)(O)OC[C@@H](COC(=O)CCCCCCCCCCC(C)CC)OC(=O)CCCCCCCCCCCCCC(C)C. The molecule has 0 fully saturated rings. The Labute approximate surface area is 575 Å². The predicted molar refractivity (Wildman–Crippen MR) is 381 cm³/mol. The first kappa shape index (κ1) is 92.1. The van der Waals surface area contributed by atoms with Crippen LogP contribution in [0.1, 0.15) is 376 Å². The fourth-order valence-electron chi connectivity index (χ4n) is 11.3. The van der Waals surface area contributed by atoms with E-state index in [2.05, 4.69) is 55.4 Å². The van der Waals surface area contributed by atoms with Crippen molar-refractivity contribution in [2.75, 3.05) is 39.6 Å². The van der Waals surface area contributed by atoms with Crippen molar-refractivity contribution >= 4 is 39.5 Å². The normalized spacial score (nSPS) is 14.7. The van der Waals surface area contributed by atoms with Crippen molar-refractivity contribution in [2.45, 2.75) is 395 Å². The van der Waals surface area contributed by atoms with Gasteiger partial charge < -0.3 is 33.8 Å². The van der Waals surface area contributed by atoms with E-state index in [-0.39, 0.29) is 25.7 Å². The summed E-state index contributed by atoms with van der Waals surface area (Å²) in [7, 11) is -9.91. The van der Waals surface area contributed by atoms with Gasteiger partial charge in [0.2, 0.25) is 0 Å². The Morgan fingerprint density at radius 1 is 0.298 bits per heavy atom. The van der Waals surface area contributed by atoms with E-state index >= 15 is 0 Å². The first-order valence-corrected chi connectivity index (χ1v) is 41.8. The molecular formula is C75H146O17P2. The van der Waals surface area contributed by atoms with E-state index in [0.29, 0.717) is 31.6 Å². The second-order valence-corrected chi connectivity index (χ2v) is 31.4. The number of unbranched alkanes of at least 4 members (excludes halogenated alkanes) is 36. The van der Waals surface area contributed by atoms with Gasteiger partial charge in [-0.25, -0.2) is 9.13 Å². The first-order valence-electron chi connectivity index (χ1n) is 38.8. The molecule has 94 heavy (non-hydrogen) atoms. The average Bonchev–Trinajstić information content (AvgIpc) is 3.73. The third kappa shape index (κ3) is 66.0. The highest BCUT2D eigenvalue weighted by Gasteiger charge is 2.30. The van der Waals surface area contributed by atoms with Crippen molar-refractivity contribution in [3.8, 4) is 0 Å². The molecule has 19 heteroatoms. The van der Waals surface area contributed by atoms with Crippen molar-refractivity contribution in [1.82, 2.24) is 0 Å². The molecule has 0 aromatic carbocycles. The number of carbonyl (C=O) groups excluding carboxylic acids is 4. The minimum Gasteiger partial charge on any atom is -0.462 e. The highest BCUT2D eigenvalue weighted by molar-refractivity contribution is 7.47. The quantitative estimate of drug-likeness (QED) is 0.0222. The number of rotatable bonds is 72. The van der Waals surface area contributed by atoms with Crippen LogP contribution < -0.4 is 0 Å². The lowest BCUT2D eigenvalue weighted by atomic mass is 9.99. The number of esters is 4. The second-order valence-electron chi connectivity index (χ2n) is 28.5. The average molecular weight is 1380 g/mol. The third-order valence-electron chi connectivity index (χ3n) is 18.0. The highest BCUT2D eigenvalue weighted by atomic mass is 31.2. The second kappa shape index (κ2) is 64.4. The maximum absolute atomic E-state index is 13.1. The molecule has 0 saturated heterocycles. The minimum absolute atomic E-state index is 0.105. The Morgan fingerprint density at radius 3 is 0.755 bits per heavy atom. The van der Waals surface area contributed by atoms with Gasteiger partial charge in [0, 0.05) is 25.7 Å². The lowest BCUT2D eigenvalue weighted by Gasteiger charge is -2.21. The largest absolute Gasteiger partial charge is 0.472 e. The van der Waals surface area contributed by atoms with Crippen LogP contribution in [0.2, 0.25) is 0 Å². The first-order chi connectivity index (χ1) is 45.2. The van der Waals surface area contributed by atoms with Crippen LogP contribution in [0.15, 0.2) is 0 Å². The van der Waals surface area contributed by atoms with E-state index in [0.717, 1.165) is 114 Å². The molecule has 0 aliphatic carbocycles. The fraction of sp³-hybridized carbons (Fsp3) is 0.947. The summed E-state index contributed by atoms with van der Waals surface area (Å²) in [6.07, 6.45) is 48.5. The van der Waals surface area contributed by atoms with Crippen molar-refractivity contribution in [1.29, 1.82) is 0 Å². The van der Waals surface area contributed by atoms with Crippen LogP contribution in [0.5, 0.6) is 0 Å². The molecule has 0 aromatic heterocycles. The Balaban J connectivity index is 5.24. The number of hydrogen-bond donors (Lipinski definition) is 3. The Hall–Kier alpha value is -1.94. The van der Waals surface area contributed by atoms with E-state index in [9.17, 15) is 43.2 Å². The monoisotopic (exact) mass is 1380 g/mol. The third-order valence-corrected chi connectivity index (χ3v) is 19.9. The summed E-state index contributed by atoms with van der Waals surface area (Å²) >= 11 is 0. The summed E-state index contributed by atoms with van der Waals surface area (Å²) in [6, 6.07) is 0. The van der Waals surface area contributed by atoms with Gasteiger partial charge in [0.15, 0.2) is 12.2 Å². The lowest BCUT2D eigenvalue weighted by molar-refractivity contribution is -0.161. The van der Waals surface area contributed by atoms with Gasteiger partial charge in [0.1, 0.15) is 19.3 Å². The molecule has 0 aromatic rings. The molecule has 17 nitrogen and oxygen atoms in total. The molecule has 7 atom stereocenters. The van der Waals surface area contributed by atoms with E-state index in [4.69, 9.17) is 37.0 Å². The topological polar surface area (TPSA) is 237 Å². The van der Waals surface area contributed by atoms with Gasteiger partial charge in [-0.1, -0.05) is 325 Å². The molecule has 0 aliphatic rings. The minimum atomic E-state index is -4.96. The molecule has 0 aliphatic heterocycles. The number of hydrogen-bond acceptors (Lipinski definition) is 15. The van der Waals surface area contributed by atoms with E-state index < -0.39 is 97.5 Å². The van der Waals surface area contributed by atoms with Gasteiger partial charge >= 0.3 is 39.5 Å². The Kier molecular flexibility index (Phi) is 63.1. The molecule has 558 valence electrons. The van der Waals surface area contributed by atoms with Crippen LogP contribution in [-0.2, 0) is 65.4 Å². The number of aliphatic hydroxyl groups is 1. The van der Waals surface area contributed by atoms with E-state index in [1.807, 2.05) is 0 Å². The van der Waals surface area contributed by atoms with Crippen LogP contribution in [0.4, 0.5) is 0 Å². The van der Waals surface area contributed by atoms with Gasteiger partial charge in [-0.15, -0.1) is 0 Å². The highest BCUT2D eigenvalue weighted by Crippen LogP contribution is 2.45. The standard InChI is InChI=1S/C75H146O17P2/c1-9-67(7)53-45-37-29-21-17-13-11-12-14-18-22-32-41-49-57-74(79)92-71(62-86-73(78)56-48-40-34-26-28-36-44-52-66(5)6)64-90-94(83,84)88-60-69(76)59-87-93(81,82)89-63-70(61-85-72(77)55-47-39-31-25-24-30-38-46-54-68(8)10-2)91-75(80)58-50-42-33-23-19-15-16-20-27-35-43-51-65(3)4/h65-71,76H,9-64H2,1-8H3,(H,81,82)(H,83,84)/t67?,68?,69?,70-,71-/m1/s1. The summed E-state index contributed by atoms with van der Waals surface area (Å²) in [6.45, 7) is 14.2. The molecular weight excluding hydrogens is 1230 g/mol. The maximum Gasteiger partial charge on any atom is 0.472 e. The number of carbonyl (C=O) groups is 4. The summed E-state index contributed by atoms with van der Waals surface area (Å²) in [4.78, 5) is 72.8. The fourth-order valence-corrected chi connectivity index (χ4v) is 12.9. The van der Waals surface area contributed by atoms with Gasteiger partial charge in [0.25, 0.3) is 0 Å². The summed E-state index contributed by atoms with van der Waals surface area (Å²) in [5, 5.41) is 10.6. The van der Waals surface area contributed by atoms with E-state index in [1.54, 1.807) is 0 Å². The van der Waals surface area contributed by atoms with Crippen molar-refractivity contribution in [2.24, 2.45) is 23.7 Å². The zero-order valence-electron chi connectivity index (χ0n) is 61.6. The Morgan fingerprint density at radius 2 is 0.511 bits per heavy atom. The maximum atomic E-state index is 13.1. The predicted octanol–water partition coefficient (Wildman–Crippen LogP) is 21.7. The molecule has 5 unspecified atom stereocenters. The molecule has 0 amide bonds. The summed E-state index contributed by atoms with van der Waals surface area (Å²) in [5.41, 5.74) is 0. The van der Waals surface area contributed by atoms with Gasteiger partial charge in [0.05, 0.1) is 26.4 Å². The van der Waals surface area contributed by atoms with Crippen molar-refractivity contribution in [3.05, 3.63) is 0 Å². The van der Waals surface area contributed by atoms with Crippen LogP contribution in [0, 0.1) is 23.7 Å². The molecule has 0 bridgehead atoms. The molecule has 0 rings (SSSR count). The smallest absolute Gasteiger partial charge is 0.462 e. The van der Waals surface area contributed by atoms with Gasteiger partial charge in [-0.2, -0.15) is 0 Å². The lowest BCUT2D eigenvalue weighted by Crippen LogP contribution is -2.30. The Bertz CT molecular complexity index is 1850. The van der Waals surface area contributed by atoms with Crippen LogP contribution in [0.3, 0.4) is 0 Å². The van der Waals surface area contributed by atoms with Gasteiger partial charge in [-0.3, -0.25) is 37.3 Å². The zero-order valence-corrected chi connectivity index (χ0v) is 63.4. The molecule has 0 heterocycles. The number of phosphoric ester groups is 2. The zero-order chi connectivity index (χ0) is 69.6. The van der Waals surface area contributed by atoms with Crippen molar-refractivity contribution < 1.29 is 80.2 Å². The van der Waals surface area contributed by atoms with Crippen LogP contribution >= 0.6 is 15.6 Å².